The van der Waals surface area contributed by atoms with Crippen molar-refractivity contribution in [3.05, 3.63) is 34.9 Å². The summed E-state index contributed by atoms with van der Waals surface area (Å²) in [7, 11) is 0. The van der Waals surface area contributed by atoms with Crippen LogP contribution in [-0.4, -0.2) is 69.0 Å². The van der Waals surface area contributed by atoms with Crippen molar-refractivity contribution in [3.63, 3.8) is 0 Å². The van der Waals surface area contributed by atoms with Gasteiger partial charge in [0.05, 0.1) is 22.2 Å². The van der Waals surface area contributed by atoms with Gasteiger partial charge in [0.2, 0.25) is 5.91 Å². The van der Waals surface area contributed by atoms with Crippen molar-refractivity contribution in [1.29, 1.82) is 5.26 Å². The Balaban J connectivity index is 1.44. The molecule has 2 atom stereocenters. The molecular formula is C23H26ClN7OS. The SMILES string of the molecule is CC1CN(c2ncnc3c2C(C)(C)CN3c2cnc(C#N)c(Cl)c2)CCN1C(=O)C1CCS1. The first-order valence-corrected chi connectivity index (χ1v) is 12.6. The number of piperazine rings is 1. The summed E-state index contributed by atoms with van der Waals surface area (Å²) in [6, 6.07) is 3.90. The fourth-order valence-electron chi connectivity index (χ4n) is 4.93. The Labute approximate surface area is 202 Å². The van der Waals surface area contributed by atoms with Gasteiger partial charge in [-0.15, -0.1) is 11.8 Å². The molecule has 2 saturated heterocycles. The van der Waals surface area contributed by atoms with E-state index >= 15 is 0 Å². The molecule has 8 nitrogen and oxygen atoms in total. The molecule has 2 unspecified atom stereocenters. The van der Waals surface area contributed by atoms with Crippen molar-refractivity contribution < 1.29 is 4.79 Å². The Morgan fingerprint density at radius 2 is 2.03 bits per heavy atom. The molecule has 2 fully saturated rings. The number of hydrogen-bond acceptors (Lipinski definition) is 8. The molecule has 1 amide bonds. The third kappa shape index (κ3) is 3.79. The molecule has 0 spiro atoms. The monoisotopic (exact) mass is 483 g/mol. The average molecular weight is 484 g/mol. The fourth-order valence-corrected chi connectivity index (χ4v) is 5.88. The van der Waals surface area contributed by atoms with E-state index in [2.05, 4.69) is 40.5 Å². The van der Waals surface area contributed by atoms with Crippen LogP contribution in [0.15, 0.2) is 18.6 Å². The molecule has 3 aliphatic heterocycles. The van der Waals surface area contributed by atoms with Gasteiger partial charge in [-0.2, -0.15) is 5.26 Å². The number of nitrogens with zero attached hydrogens (tertiary/aromatic N) is 7. The number of fused-ring (bicyclic) bond motifs is 1. The molecule has 0 aliphatic carbocycles. The van der Waals surface area contributed by atoms with Gasteiger partial charge in [0.25, 0.3) is 0 Å². The number of thioether (sulfide) groups is 1. The van der Waals surface area contributed by atoms with Crippen molar-refractivity contribution in [3.8, 4) is 6.07 Å². The van der Waals surface area contributed by atoms with Gasteiger partial charge in [-0.1, -0.05) is 25.4 Å². The van der Waals surface area contributed by atoms with Crippen LogP contribution >= 0.6 is 23.4 Å². The van der Waals surface area contributed by atoms with E-state index in [1.54, 1.807) is 30.4 Å². The van der Waals surface area contributed by atoms with Crippen LogP contribution < -0.4 is 9.80 Å². The molecule has 0 saturated carbocycles. The summed E-state index contributed by atoms with van der Waals surface area (Å²) in [5.41, 5.74) is 1.90. The Bertz CT molecular complexity index is 1150. The highest BCUT2D eigenvalue weighted by Crippen LogP contribution is 2.47. The van der Waals surface area contributed by atoms with Gasteiger partial charge >= 0.3 is 0 Å². The third-order valence-corrected chi connectivity index (χ3v) is 8.32. The Morgan fingerprint density at radius 3 is 2.67 bits per heavy atom. The smallest absolute Gasteiger partial charge is 0.236 e. The van der Waals surface area contributed by atoms with E-state index in [1.807, 2.05) is 11.0 Å². The van der Waals surface area contributed by atoms with Crippen molar-refractivity contribution in [2.24, 2.45) is 0 Å². The molecule has 10 heteroatoms. The minimum Gasteiger partial charge on any atom is -0.352 e. The van der Waals surface area contributed by atoms with E-state index in [4.69, 9.17) is 21.8 Å². The van der Waals surface area contributed by atoms with Crippen LogP contribution in [0.1, 0.15) is 38.4 Å². The van der Waals surface area contributed by atoms with Crippen LogP contribution in [0.5, 0.6) is 0 Å². The number of nitriles is 1. The second kappa shape index (κ2) is 8.33. The van der Waals surface area contributed by atoms with Gasteiger partial charge in [0, 0.05) is 43.2 Å². The lowest BCUT2D eigenvalue weighted by molar-refractivity contribution is -0.133. The number of rotatable bonds is 3. The van der Waals surface area contributed by atoms with E-state index in [0.717, 1.165) is 48.1 Å². The van der Waals surface area contributed by atoms with Crippen molar-refractivity contribution in [2.45, 2.75) is 43.9 Å². The minimum atomic E-state index is -0.203. The Kier molecular flexibility index (Phi) is 5.61. The van der Waals surface area contributed by atoms with E-state index in [0.29, 0.717) is 18.1 Å². The van der Waals surface area contributed by atoms with E-state index in [-0.39, 0.29) is 28.3 Å². The number of aromatic nitrogens is 3. The molecule has 2 aromatic rings. The van der Waals surface area contributed by atoms with Gasteiger partial charge in [-0.05, 0) is 25.2 Å². The van der Waals surface area contributed by atoms with E-state index < -0.39 is 0 Å². The zero-order valence-electron chi connectivity index (χ0n) is 19.0. The summed E-state index contributed by atoms with van der Waals surface area (Å²) in [6.45, 7) is 9.39. The predicted molar refractivity (Wildman–Crippen MR) is 130 cm³/mol. The molecular weight excluding hydrogens is 458 g/mol. The van der Waals surface area contributed by atoms with Crippen molar-refractivity contribution in [1.82, 2.24) is 19.9 Å². The maximum absolute atomic E-state index is 12.8. The van der Waals surface area contributed by atoms with Crippen molar-refractivity contribution >= 4 is 46.6 Å². The number of carbonyl (C=O) groups is 1. The van der Waals surface area contributed by atoms with E-state index in [9.17, 15) is 4.79 Å². The van der Waals surface area contributed by atoms with Crippen LogP contribution in [0.3, 0.4) is 0 Å². The normalized spacial score (nSPS) is 23.7. The maximum atomic E-state index is 12.8. The van der Waals surface area contributed by atoms with Gasteiger partial charge in [-0.3, -0.25) is 4.79 Å². The summed E-state index contributed by atoms with van der Waals surface area (Å²) in [5.74, 6) is 3.13. The summed E-state index contributed by atoms with van der Waals surface area (Å²) in [4.78, 5) is 32.8. The van der Waals surface area contributed by atoms with Crippen LogP contribution in [0.2, 0.25) is 5.02 Å². The van der Waals surface area contributed by atoms with Crippen LogP contribution in [-0.2, 0) is 10.2 Å². The number of hydrogen-bond donors (Lipinski definition) is 0. The second-order valence-electron chi connectivity index (χ2n) is 9.48. The zero-order chi connectivity index (χ0) is 23.3. The van der Waals surface area contributed by atoms with Gasteiger partial charge in [-0.25, -0.2) is 15.0 Å². The second-order valence-corrected chi connectivity index (χ2v) is 11.2. The number of pyridine rings is 1. The predicted octanol–water partition coefficient (Wildman–Crippen LogP) is 3.37. The lowest BCUT2D eigenvalue weighted by Crippen LogP contribution is -2.57. The van der Waals surface area contributed by atoms with Gasteiger partial charge in [0.15, 0.2) is 5.69 Å². The number of anilines is 3. The molecule has 0 N–H and O–H groups in total. The molecule has 172 valence electrons. The Morgan fingerprint density at radius 1 is 1.27 bits per heavy atom. The highest BCUT2D eigenvalue weighted by molar-refractivity contribution is 8.01. The minimum absolute atomic E-state index is 0.125. The third-order valence-electron chi connectivity index (χ3n) is 6.72. The fraction of sp³-hybridized carbons (Fsp3) is 0.522. The van der Waals surface area contributed by atoms with Crippen molar-refractivity contribution in [2.75, 3.05) is 41.7 Å². The lowest BCUT2D eigenvalue weighted by Gasteiger charge is -2.43. The molecule has 5 heterocycles. The summed E-state index contributed by atoms with van der Waals surface area (Å²) >= 11 is 8.03. The van der Waals surface area contributed by atoms with Gasteiger partial charge < -0.3 is 14.7 Å². The molecule has 3 aliphatic rings. The van der Waals surface area contributed by atoms with E-state index in [1.165, 1.54) is 0 Å². The topological polar surface area (TPSA) is 89.2 Å². The maximum Gasteiger partial charge on any atom is 0.236 e. The number of halogens is 1. The van der Waals surface area contributed by atoms with Crippen LogP contribution in [0, 0.1) is 11.3 Å². The standard InChI is InChI=1S/C23H26ClN7OS/c1-14-11-29(5-6-30(14)22(32)18-4-7-33-18)20-19-21(28-13-27-20)31(12-23(19,2)3)15-8-16(24)17(9-25)26-10-15/h8,10,13-14,18H,4-7,11-12H2,1-3H3. The molecule has 0 bridgehead atoms. The highest BCUT2D eigenvalue weighted by Gasteiger charge is 2.42. The largest absolute Gasteiger partial charge is 0.352 e. The highest BCUT2D eigenvalue weighted by atomic mass is 35.5. The first-order valence-electron chi connectivity index (χ1n) is 11.2. The zero-order valence-corrected chi connectivity index (χ0v) is 20.5. The first-order chi connectivity index (χ1) is 15.8. The van der Waals surface area contributed by atoms with Crippen LogP contribution in [0.4, 0.5) is 17.3 Å². The summed E-state index contributed by atoms with van der Waals surface area (Å²) < 4.78 is 0. The number of amides is 1. The molecule has 5 rings (SSSR count). The average Bonchev–Trinajstić information content (AvgIpc) is 3.03. The van der Waals surface area contributed by atoms with Crippen LogP contribution in [0.25, 0.3) is 0 Å². The summed E-state index contributed by atoms with van der Waals surface area (Å²) in [5, 5.41) is 9.63. The first kappa shape index (κ1) is 22.2. The summed E-state index contributed by atoms with van der Waals surface area (Å²) in [6.07, 6.45) is 4.27. The molecule has 0 aromatic carbocycles. The molecule has 33 heavy (non-hydrogen) atoms. The Hall–Kier alpha value is -2.57. The quantitative estimate of drug-likeness (QED) is 0.656. The molecule has 2 aromatic heterocycles. The molecule has 0 radical (unpaired) electrons. The number of carbonyl (C=O) groups excluding carboxylic acids is 1. The van der Waals surface area contributed by atoms with Gasteiger partial charge in [0.1, 0.15) is 24.0 Å². The lowest BCUT2D eigenvalue weighted by atomic mass is 9.87.